The first-order valence-electron chi connectivity index (χ1n) is 7.16. The molecular formula is C14H19N5O2. The third-order valence-electron chi connectivity index (χ3n) is 3.82. The van der Waals surface area contributed by atoms with Crippen molar-refractivity contribution < 1.29 is 9.53 Å². The predicted molar refractivity (Wildman–Crippen MR) is 75.8 cm³/mol. The van der Waals surface area contributed by atoms with E-state index in [0.717, 1.165) is 30.7 Å². The van der Waals surface area contributed by atoms with E-state index < -0.39 is 0 Å². The Hall–Kier alpha value is -2.31. The minimum absolute atomic E-state index is 0.00632. The van der Waals surface area contributed by atoms with Crippen LogP contribution in [0.1, 0.15) is 30.7 Å². The highest BCUT2D eigenvalue weighted by atomic mass is 16.5. The van der Waals surface area contributed by atoms with E-state index in [0.29, 0.717) is 12.2 Å². The SMILES string of the molecule is Cc1[nH]cnc1CC(=O)N[C@H]1CCC[C@H]1Oc1cn[nH]c1. The summed E-state index contributed by atoms with van der Waals surface area (Å²) in [5, 5.41) is 9.64. The van der Waals surface area contributed by atoms with Crippen LogP contribution in [-0.4, -0.2) is 38.2 Å². The van der Waals surface area contributed by atoms with Crippen LogP contribution in [0.5, 0.6) is 5.75 Å². The molecule has 7 nitrogen and oxygen atoms in total. The number of imidazole rings is 1. The van der Waals surface area contributed by atoms with Crippen molar-refractivity contribution in [2.75, 3.05) is 0 Å². The molecule has 1 amide bonds. The lowest BCUT2D eigenvalue weighted by atomic mass is 10.2. The van der Waals surface area contributed by atoms with Crippen LogP contribution in [0.4, 0.5) is 0 Å². The number of aryl methyl sites for hydroxylation is 1. The third-order valence-corrected chi connectivity index (χ3v) is 3.82. The van der Waals surface area contributed by atoms with Crippen molar-refractivity contribution in [2.45, 2.75) is 44.8 Å². The summed E-state index contributed by atoms with van der Waals surface area (Å²) in [6.45, 7) is 1.91. The van der Waals surface area contributed by atoms with E-state index >= 15 is 0 Å². The second-order valence-corrected chi connectivity index (χ2v) is 5.35. The molecule has 3 rings (SSSR count). The standard InChI is InChI=1S/C14H19N5O2/c1-9-12(16-8-15-9)5-14(20)19-11-3-2-4-13(11)21-10-6-17-18-7-10/h6-8,11,13H,2-5H2,1H3,(H,15,16)(H,17,18)(H,19,20)/t11-,13+/m0/s1. The maximum absolute atomic E-state index is 12.1. The first-order valence-corrected chi connectivity index (χ1v) is 7.16. The fourth-order valence-electron chi connectivity index (χ4n) is 2.69. The van der Waals surface area contributed by atoms with E-state index in [-0.39, 0.29) is 18.1 Å². The van der Waals surface area contributed by atoms with Crippen molar-refractivity contribution in [3.05, 3.63) is 30.1 Å². The summed E-state index contributed by atoms with van der Waals surface area (Å²) >= 11 is 0. The lowest BCUT2D eigenvalue weighted by Gasteiger charge is -2.21. The highest BCUT2D eigenvalue weighted by molar-refractivity contribution is 5.78. The number of ether oxygens (including phenoxy) is 1. The van der Waals surface area contributed by atoms with Crippen molar-refractivity contribution in [3.8, 4) is 5.75 Å². The van der Waals surface area contributed by atoms with Gasteiger partial charge in [-0.2, -0.15) is 5.10 Å². The summed E-state index contributed by atoms with van der Waals surface area (Å²) in [5.74, 6) is 0.696. The molecule has 1 saturated carbocycles. The molecule has 2 heterocycles. The van der Waals surface area contributed by atoms with E-state index in [1.165, 1.54) is 0 Å². The molecule has 21 heavy (non-hydrogen) atoms. The molecule has 0 aliphatic heterocycles. The average molecular weight is 289 g/mol. The molecule has 2 aromatic heterocycles. The minimum atomic E-state index is -0.0158. The number of nitrogens with zero attached hydrogens (tertiary/aromatic N) is 2. The number of amides is 1. The lowest BCUT2D eigenvalue weighted by Crippen LogP contribution is -2.43. The molecule has 0 saturated heterocycles. The van der Waals surface area contributed by atoms with Gasteiger partial charge in [0.2, 0.25) is 5.91 Å². The maximum atomic E-state index is 12.1. The van der Waals surface area contributed by atoms with Crippen LogP contribution in [0.2, 0.25) is 0 Å². The van der Waals surface area contributed by atoms with Crippen molar-refractivity contribution >= 4 is 5.91 Å². The Morgan fingerprint density at radius 3 is 3.14 bits per heavy atom. The molecule has 112 valence electrons. The molecule has 2 atom stereocenters. The van der Waals surface area contributed by atoms with Crippen molar-refractivity contribution in [3.63, 3.8) is 0 Å². The Kier molecular flexibility index (Phi) is 3.89. The average Bonchev–Trinajstić information content (AvgIpc) is 3.17. The van der Waals surface area contributed by atoms with Crippen LogP contribution >= 0.6 is 0 Å². The topological polar surface area (TPSA) is 95.7 Å². The normalized spacial score (nSPS) is 21.4. The van der Waals surface area contributed by atoms with E-state index in [1.807, 2.05) is 6.92 Å². The summed E-state index contributed by atoms with van der Waals surface area (Å²) in [7, 11) is 0. The number of aromatic amines is 2. The first-order chi connectivity index (χ1) is 10.2. The molecule has 0 radical (unpaired) electrons. The molecule has 1 aliphatic rings. The first kappa shape index (κ1) is 13.7. The number of hydrogen-bond acceptors (Lipinski definition) is 4. The smallest absolute Gasteiger partial charge is 0.226 e. The predicted octanol–water partition coefficient (Wildman–Crippen LogP) is 1.10. The van der Waals surface area contributed by atoms with Crippen molar-refractivity contribution in [2.24, 2.45) is 0 Å². The highest BCUT2D eigenvalue weighted by Gasteiger charge is 2.30. The quantitative estimate of drug-likeness (QED) is 0.768. The zero-order chi connectivity index (χ0) is 14.7. The highest BCUT2D eigenvalue weighted by Crippen LogP contribution is 2.24. The van der Waals surface area contributed by atoms with Crippen LogP contribution in [0, 0.1) is 6.92 Å². The Labute approximate surface area is 122 Å². The molecule has 3 N–H and O–H groups in total. The second kappa shape index (κ2) is 5.99. The van der Waals surface area contributed by atoms with Crippen LogP contribution in [-0.2, 0) is 11.2 Å². The largest absolute Gasteiger partial charge is 0.485 e. The van der Waals surface area contributed by atoms with E-state index in [4.69, 9.17) is 4.74 Å². The van der Waals surface area contributed by atoms with E-state index in [9.17, 15) is 4.79 Å². The molecule has 0 spiro atoms. The third kappa shape index (κ3) is 3.24. The van der Waals surface area contributed by atoms with Gasteiger partial charge in [0.15, 0.2) is 5.75 Å². The summed E-state index contributed by atoms with van der Waals surface area (Å²) in [4.78, 5) is 19.3. The molecule has 1 fully saturated rings. The van der Waals surface area contributed by atoms with Crippen molar-refractivity contribution in [1.82, 2.24) is 25.5 Å². The van der Waals surface area contributed by atoms with Gasteiger partial charge < -0.3 is 15.0 Å². The summed E-state index contributed by atoms with van der Waals surface area (Å²) in [5.41, 5.74) is 1.72. The molecule has 0 unspecified atom stereocenters. The number of hydrogen-bond donors (Lipinski definition) is 3. The second-order valence-electron chi connectivity index (χ2n) is 5.35. The van der Waals surface area contributed by atoms with Gasteiger partial charge in [0.25, 0.3) is 0 Å². The fraction of sp³-hybridized carbons (Fsp3) is 0.500. The Bertz CT molecular complexity index is 592. The molecule has 7 heteroatoms. The van der Waals surface area contributed by atoms with Gasteiger partial charge in [0.1, 0.15) is 6.10 Å². The molecular weight excluding hydrogens is 270 g/mol. The fourth-order valence-corrected chi connectivity index (χ4v) is 2.69. The Balaban J connectivity index is 1.56. The number of aromatic nitrogens is 4. The summed E-state index contributed by atoms with van der Waals surface area (Å²) in [6.07, 6.45) is 8.20. The number of H-pyrrole nitrogens is 2. The van der Waals surface area contributed by atoms with Crippen LogP contribution < -0.4 is 10.1 Å². The van der Waals surface area contributed by atoms with Gasteiger partial charge in [-0.1, -0.05) is 0 Å². The number of nitrogens with one attached hydrogen (secondary N) is 3. The van der Waals surface area contributed by atoms with Gasteiger partial charge in [-0.25, -0.2) is 4.98 Å². The zero-order valence-electron chi connectivity index (χ0n) is 11.9. The lowest BCUT2D eigenvalue weighted by molar-refractivity contribution is -0.121. The summed E-state index contributed by atoms with van der Waals surface area (Å²) in [6, 6.07) is 0.0478. The van der Waals surface area contributed by atoms with Gasteiger partial charge in [0, 0.05) is 5.69 Å². The van der Waals surface area contributed by atoms with Crippen LogP contribution in [0.25, 0.3) is 0 Å². The Morgan fingerprint density at radius 2 is 2.43 bits per heavy atom. The summed E-state index contributed by atoms with van der Waals surface area (Å²) < 4.78 is 5.86. The molecule has 2 aromatic rings. The van der Waals surface area contributed by atoms with E-state index in [1.54, 1.807) is 18.7 Å². The van der Waals surface area contributed by atoms with Crippen molar-refractivity contribution in [1.29, 1.82) is 0 Å². The molecule has 0 aromatic carbocycles. The van der Waals surface area contributed by atoms with Gasteiger partial charge in [-0.15, -0.1) is 0 Å². The molecule has 1 aliphatic carbocycles. The number of carbonyl (C=O) groups is 1. The van der Waals surface area contributed by atoms with Crippen LogP contribution in [0.3, 0.4) is 0 Å². The maximum Gasteiger partial charge on any atom is 0.226 e. The molecule has 0 bridgehead atoms. The van der Waals surface area contributed by atoms with Gasteiger partial charge in [0.05, 0.1) is 36.9 Å². The number of carbonyl (C=O) groups excluding carboxylic acids is 1. The zero-order valence-corrected chi connectivity index (χ0v) is 11.9. The van der Waals surface area contributed by atoms with Gasteiger partial charge in [-0.05, 0) is 26.2 Å². The van der Waals surface area contributed by atoms with Crippen LogP contribution in [0.15, 0.2) is 18.7 Å². The van der Waals surface area contributed by atoms with E-state index in [2.05, 4.69) is 25.5 Å². The van der Waals surface area contributed by atoms with Gasteiger partial charge in [-0.3, -0.25) is 9.89 Å². The van der Waals surface area contributed by atoms with Gasteiger partial charge >= 0.3 is 0 Å². The minimum Gasteiger partial charge on any atom is -0.485 e. The number of rotatable bonds is 5. The monoisotopic (exact) mass is 289 g/mol. The Morgan fingerprint density at radius 1 is 1.52 bits per heavy atom.